The van der Waals surface area contributed by atoms with E-state index in [1.165, 1.54) is 37.5 Å². The van der Waals surface area contributed by atoms with Gasteiger partial charge in [0.05, 0.1) is 24.4 Å². The summed E-state index contributed by atoms with van der Waals surface area (Å²) in [5.41, 5.74) is 0.640. The maximum atomic E-state index is 13.5. The van der Waals surface area contributed by atoms with E-state index in [0.29, 0.717) is 36.0 Å². The summed E-state index contributed by atoms with van der Waals surface area (Å²) in [6, 6.07) is 7.80. The summed E-state index contributed by atoms with van der Waals surface area (Å²) in [7, 11) is 1.36. The molecule has 0 aliphatic carbocycles. The van der Waals surface area contributed by atoms with Crippen molar-refractivity contribution < 1.29 is 43.5 Å². The largest absolute Gasteiger partial charge is 0.507 e. The average Bonchev–Trinajstić information content (AvgIpc) is 3.47. The lowest BCUT2D eigenvalue weighted by Crippen LogP contribution is -2.29. The number of hydrogen-bond acceptors (Lipinski definition) is 11. The Labute approximate surface area is 232 Å². The van der Waals surface area contributed by atoms with Crippen LogP contribution >= 0.6 is 11.3 Å². The third kappa shape index (κ3) is 4.62. The molecule has 2 aliphatic heterocycles. The molecule has 2 aliphatic rings. The van der Waals surface area contributed by atoms with Gasteiger partial charge in [0, 0.05) is 5.56 Å². The van der Waals surface area contributed by atoms with Crippen molar-refractivity contribution in [3.8, 4) is 23.0 Å². The Morgan fingerprint density at radius 3 is 2.67 bits per heavy atom. The second-order valence-electron chi connectivity index (χ2n) is 8.76. The van der Waals surface area contributed by atoms with Gasteiger partial charge < -0.3 is 29.2 Å². The normalized spacial score (nSPS) is 17.6. The van der Waals surface area contributed by atoms with Crippen LogP contribution < -0.4 is 19.1 Å². The maximum Gasteiger partial charge on any atom is 0.350 e. The Kier molecular flexibility index (Phi) is 7.18. The van der Waals surface area contributed by atoms with Gasteiger partial charge in [-0.25, -0.2) is 9.78 Å². The monoisotopic (exact) mass is 564 g/mol. The molecule has 1 amide bonds. The number of fused-ring (bicyclic) bond motifs is 1. The van der Waals surface area contributed by atoms with Crippen LogP contribution in [0, 0.1) is 6.92 Å². The summed E-state index contributed by atoms with van der Waals surface area (Å²) in [5.74, 6) is -2.24. The second kappa shape index (κ2) is 10.7. The predicted octanol–water partition coefficient (Wildman–Crippen LogP) is 3.91. The van der Waals surface area contributed by atoms with Crippen molar-refractivity contribution >= 4 is 39.9 Å². The minimum Gasteiger partial charge on any atom is -0.507 e. The molecule has 11 nitrogen and oxygen atoms in total. The van der Waals surface area contributed by atoms with Gasteiger partial charge >= 0.3 is 11.9 Å². The van der Waals surface area contributed by atoms with Gasteiger partial charge in [-0.2, -0.15) is 0 Å². The number of thiazole rings is 1. The van der Waals surface area contributed by atoms with Crippen LogP contribution in [0.2, 0.25) is 0 Å². The number of aliphatic hydroxyl groups is 1. The number of rotatable bonds is 7. The number of nitrogens with zero attached hydrogens (tertiary/aromatic N) is 2. The molecule has 1 atom stereocenters. The molecule has 1 aromatic heterocycles. The van der Waals surface area contributed by atoms with Crippen molar-refractivity contribution in [2.24, 2.45) is 0 Å². The SMILES string of the molecule is C=CCOC(=O)c1sc(N2C(=O)C(=O)/C(=C(/O)c3ccc4c(c3)OCCO4)C2c2ccc(O)c(OC)c2)nc1C. The molecule has 2 N–H and O–H groups in total. The smallest absolute Gasteiger partial charge is 0.350 e. The zero-order valence-corrected chi connectivity index (χ0v) is 22.3. The van der Waals surface area contributed by atoms with Gasteiger partial charge in [0.15, 0.2) is 28.1 Å². The third-order valence-corrected chi connectivity index (χ3v) is 7.43. The molecule has 40 heavy (non-hydrogen) atoms. The third-order valence-electron chi connectivity index (χ3n) is 6.29. The Morgan fingerprint density at radius 2 is 1.95 bits per heavy atom. The number of aryl methyl sites for hydroxylation is 1. The molecule has 1 saturated heterocycles. The highest BCUT2D eigenvalue weighted by atomic mass is 32.1. The fourth-order valence-corrected chi connectivity index (χ4v) is 5.42. The fourth-order valence-electron chi connectivity index (χ4n) is 4.43. The number of amides is 1. The number of ether oxygens (including phenoxy) is 4. The zero-order chi connectivity index (χ0) is 28.6. The maximum absolute atomic E-state index is 13.5. The number of aromatic hydroxyl groups is 1. The highest BCUT2D eigenvalue weighted by Crippen LogP contribution is 2.46. The quantitative estimate of drug-likeness (QED) is 0.142. The summed E-state index contributed by atoms with van der Waals surface area (Å²) in [5, 5.41) is 21.7. The first kappa shape index (κ1) is 26.8. The van der Waals surface area contributed by atoms with E-state index in [0.717, 1.165) is 16.2 Å². The molecular formula is C28H24N2O9S. The van der Waals surface area contributed by atoms with Crippen LogP contribution in [0.1, 0.15) is 32.5 Å². The van der Waals surface area contributed by atoms with Crippen molar-refractivity contribution in [1.29, 1.82) is 0 Å². The standard InChI is InChI=1S/C28H24N2O9S/c1-4-9-39-27(35)25-14(2)29-28(40-25)30-22(15-5-7-17(31)19(12-15)36-3)21(24(33)26(30)34)23(32)16-6-8-18-20(13-16)38-11-10-37-18/h4-8,12-13,22,31-32H,1,9-11H2,2-3H3/b23-21+. The van der Waals surface area contributed by atoms with E-state index in [4.69, 9.17) is 18.9 Å². The Bertz CT molecular complexity index is 1580. The number of phenolic OH excluding ortho intramolecular Hbond substituents is 1. The summed E-state index contributed by atoms with van der Waals surface area (Å²) >= 11 is 0.872. The topological polar surface area (TPSA) is 145 Å². The van der Waals surface area contributed by atoms with Crippen LogP contribution in [0.25, 0.3) is 5.76 Å². The van der Waals surface area contributed by atoms with Crippen LogP contribution in [0.15, 0.2) is 54.6 Å². The van der Waals surface area contributed by atoms with Gasteiger partial charge in [-0.3, -0.25) is 14.5 Å². The highest BCUT2D eigenvalue weighted by Gasteiger charge is 2.48. The number of phenols is 1. The van der Waals surface area contributed by atoms with Gasteiger partial charge in [0.25, 0.3) is 5.78 Å². The lowest BCUT2D eigenvalue weighted by Gasteiger charge is -2.24. The van der Waals surface area contributed by atoms with E-state index in [9.17, 15) is 24.6 Å². The predicted molar refractivity (Wildman–Crippen MR) is 144 cm³/mol. The second-order valence-corrected chi connectivity index (χ2v) is 9.73. The average molecular weight is 565 g/mol. The van der Waals surface area contributed by atoms with Crippen molar-refractivity contribution in [1.82, 2.24) is 4.98 Å². The molecule has 1 fully saturated rings. The number of carbonyl (C=O) groups excluding carboxylic acids is 3. The molecule has 0 saturated carbocycles. The van der Waals surface area contributed by atoms with E-state index in [1.54, 1.807) is 19.1 Å². The van der Waals surface area contributed by atoms with Crippen molar-refractivity contribution in [3.63, 3.8) is 0 Å². The number of aliphatic hydroxyl groups excluding tert-OH is 1. The van der Waals surface area contributed by atoms with E-state index in [2.05, 4.69) is 11.6 Å². The number of aromatic nitrogens is 1. The highest BCUT2D eigenvalue weighted by molar-refractivity contribution is 7.17. The van der Waals surface area contributed by atoms with Crippen LogP contribution in [0.4, 0.5) is 5.13 Å². The number of carbonyl (C=O) groups is 3. The number of hydrogen-bond donors (Lipinski definition) is 2. The zero-order valence-electron chi connectivity index (χ0n) is 21.5. The molecular weight excluding hydrogens is 540 g/mol. The molecule has 3 heterocycles. The van der Waals surface area contributed by atoms with Crippen molar-refractivity contribution in [2.75, 3.05) is 31.8 Å². The van der Waals surface area contributed by atoms with Crippen LogP contribution in [0.5, 0.6) is 23.0 Å². The minimum atomic E-state index is -1.18. The van der Waals surface area contributed by atoms with Crippen molar-refractivity contribution in [2.45, 2.75) is 13.0 Å². The lowest BCUT2D eigenvalue weighted by atomic mass is 9.95. The van der Waals surface area contributed by atoms with Gasteiger partial charge in [-0.1, -0.05) is 30.1 Å². The number of esters is 1. The number of anilines is 1. The molecule has 5 rings (SSSR count). The summed E-state index contributed by atoms with van der Waals surface area (Å²) < 4.78 is 21.5. The van der Waals surface area contributed by atoms with Gasteiger partial charge in [0.1, 0.15) is 30.5 Å². The summed E-state index contributed by atoms with van der Waals surface area (Å²) in [6.45, 7) is 5.78. The number of methoxy groups -OCH3 is 1. The Balaban J connectivity index is 1.67. The van der Waals surface area contributed by atoms with E-state index >= 15 is 0 Å². The van der Waals surface area contributed by atoms with E-state index < -0.39 is 29.5 Å². The Morgan fingerprint density at radius 1 is 1.20 bits per heavy atom. The molecule has 2 aromatic carbocycles. The number of Topliss-reactive ketones (excluding diaryl/α,β-unsaturated/α-hetero) is 1. The lowest BCUT2D eigenvalue weighted by molar-refractivity contribution is -0.132. The van der Waals surface area contributed by atoms with Crippen LogP contribution in [-0.4, -0.2) is 59.8 Å². The fraction of sp³-hybridized carbons (Fsp3) is 0.214. The first-order valence-corrected chi connectivity index (χ1v) is 12.9. The van der Waals surface area contributed by atoms with E-state index in [-0.39, 0.29) is 39.3 Å². The van der Waals surface area contributed by atoms with Crippen LogP contribution in [-0.2, 0) is 14.3 Å². The van der Waals surface area contributed by atoms with E-state index in [1.807, 2.05) is 0 Å². The molecule has 0 bridgehead atoms. The van der Waals surface area contributed by atoms with Gasteiger partial charge in [-0.05, 0) is 42.8 Å². The Hall–Kier alpha value is -4.84. The molecule has 206 valence electrons. The molecule has 0 spiro atoms. The van der Waals surface area contributed by atoms with Crippen LogP contribution in [0.3, 0.4) is 0 Å². The minimum absolute atomic E-state index is 0.0150. The molecule has 3 aromatic rings. The first-order chi connectivity index (χ1) is 19.2. The van der Waals surface area contributed by atoms with Gasteiger partial charge in [0.2, 0.25) is 0 Å². The molecule has 12 heteroatoms. The first-order valence-electron chi connectivity index (χ1n) is 12.1. The van der Waals surface area contributed by atoms with Gasteiger partial charge in [-0.15, -0.1) is 0 Å². The van der Waals surface area contributed by atoms with Crippen molar-refractivity contribution in [3.05, 3.63) is 76.3 Å². The number of benzene rings is 2. The molecule has 1 unspecified atom stereocenters. The number of ketones is 1. The summed E-state index contributed by atoms with van der Waals surface area (Å²) in [4.78, 5) is 45.2. The molecule has 0 radical (unpaired) electrons. The summed E-state index contributed by atoms with van der Waals surface area (Å²) in [6.07, 6.45) is 1.42.